The second-order valence-electron chi connectivity index (χ2n) is 6.76. The van der Waals surface area contributed by atoms with Crippen LogP contribution in [-0.2, 0) is 6.18 Å². The van der Waals surface area contributed by atoms with Gasteiger partial charge in [0.05, 0.1) is 5.52 Å². The summed E-state index contributed by atoms with van der Waals surface area (Å²) in [5.74, 6) is -1.16. The van der Waals surface area contributed by atoms with E-state index in [2.05, 4.69) is 20.6 Å². The number of aromatic nitrogens is 2. The Morgan fingerprint density at radius 2 is 1.61 bits per heavy atom. The summed E-state index contributed by atoms with van der Waals surface area (Å²) in [7, 11) is 0. The number of alkyl halides is 3. The minimum absolute atomic E-state index is 0.0274. The number of halogens is 3. The maximum atomic E-state index is 13.1. The molecule has 8 heteroatoms. The molecular weight excluding hydrogens is 369 g/mol. The number of hydrogen-bond acceptors (Lipinski definition) is 4. The van der Waals surface area contributed by atoms with E-state index in [1.54, 1.807) is 42.5 Å². The molecule has 1 amide bonds. The molecule has 3 aromatic rings. The molecule has 1 aliphatic rings. The van der Waals surface area contributed by atoms with Crippen molar-refractivity contribution < 1.29 is 18.0 Å². The Morgan fingerprint density at radius 3 is 2.32 bits per heavy atom. The molecule has 0 unspecified atom stereocenters. The molecule has 28 heavy (non-hydrogen) atoms. The van der Waals surface area contributed by atoms with E-state index in [0.717, 1.165) is 0 Å². The summed E-state index contributed by atoms with van der Waals surface area (Å²) in [4.78, 5) is 19.5. The second-order valence-corrected chi connectivity index (χ2v) is 6.76. The summed E-state index contributed by atoms with van der Waals surface area (Å²) >= 11 is 0. The van der Waals surface area contributed by atoms with Gasteiger partial charge < -0.3 is 10.6 Å². The number of amides is 1. The topological polar surface area (TPSA) is 66.9 Å². The monoisotopic (exact) mass is 386 g/mol. The molecule has 0 atom stereocenters. The number of carbonyl (C=O) groups is 1. The van der Waals surface area contributed by atoms with Crippen molar-refractivity contribution in [2.75, 3.05) is 5.32 Å². The fraction of sp³-hybridized carbons (Fsp3) is 0.250. The van der Waals surface area contributed by atoms with Crippen LogP contribution in [0, 0.1) is 0 Å². The van der Waals surface area contributed by atoms with E-state index in [0.29, 0.717) is 23.8 Å². The van der Waals surface area contributed by atoms with E-state index < -0.39 is 12.0 Å². The Balaban J connectivity index is 1.44. The highest BCUT2D eigenvalue weighted by atomic mass is 19.4. The second kappa shape index (κ2) is 7.10. The van der Waals surface area contributed by atoms with E-state index in [1.807, 2.05) is 6.07 Å². The van der Waals surface area contributed by atoms with Crippen LogP contribution in [0.15, 0.2) is 54.6 Å². The number of nitrogens with one attached hydrogen (secondary N) is 2. The van der Waals surface area contributed by atoms with E-state index in [-0.39, 0.29) is 29.3 Å². The molecule has 2 N–H and O–H groups in total. The molecule has 0 aliphatic heterocycles. The van der Waals surface area contributed by atoms with E-state index in [1.165, 1.54) is 6.07 Å². The quantitative estimate of drug-likeness (QED) is 0.711. The third kappa shape index (κ3) is 3.76. The summed E-state index contributed by atoms with van der Waals surface area (Å²) in [5.41, 5.74) is 0.816. The largest absolute Gasteiger partial charge is 0.451 e. The van der Waals surface area contributed by atoms with Crippen LogP contribution >= 0.6 is 0 Å². The Morgan fingerprint density at radius 1 is 0.929 bits per heavy atom. The number of nitrogens with zero attached hydrogens (tertiary/aromatic N) is 2. The minimum atomic E-state index is -4.62. The Labute approximate surface area is 159 Å². The molecule has 1 aliphatic carbocycles. The average molecular weight is 386 g/mol. The Hall–Kier alpha value is -3.16. The number of fused-ring (bicyclic) bond motifs is 1. The Kier molecular flexibility index (Phi) is 4.62. The van der Waals surface area contributed by atoms with Crippen molar-refractivity contribution in [1.29, 1.82) is 0 Å². The zero-order valence-electron chi connectivity index (χ0n) is 14.7. The average Bonchev–Trinajstić information content (AvgIpc) is 2.66. The van der Waals surface area contributed by atoms with Gasteiger partial charge in [-0.25, -0.2) is 9.97 Å². The number of rotatable bonds is 4. The summed E-state index contributed by atoms with van der Waals surface area (Å²) in [6, 6.07) is 15.4. The first kappa shape index (κ1) is 18.2. The highest BCUT2D eigenvalue weighted by Gasteiger charge is 2.36. The molecule has 1 fully saturated rings. The number of anilines is 1. The summed E-state index contributed by atoms with van der Waals surface area (Å²) in [6.45, 7) is 0. The lowest BCUT2D eigenvalue weighted by Gasteiger charge is -2.36. The lowest BCUT2D eigenvalue weighted by atomic mass is 9.86. The van der Waals surface area contributed by atoms with Gasteiger partial charge in [0.15, 0.2) is 0 Å². The van der Waals surface area contributed by atoms with E-state index >= 15 is 0 Å². The number of carbonyl (C=O) groups excluding carboxylic acids is 1. The lowest BCUT2D eigenvalue weighted by Crippen LogP contribution is -2.49. The van der Waals surface area contributed by atoms with Gasteiger partial charge in [0.2, 0.25) is 5.82 Å². The third-order valence-electron chi connectivity index (χ3n) is 4.71. The lowest BCUT2D eigenvalue weighted by molar-refractivity contribution is -0.144. The van der Waals surface area contributed by atoms with Crippen molar-refractivity contribution in [3.8, 4) is 0 Å². The maximum Gasteiger partial charge on any atom is 0.451 e. The SMILES string of the molecule is O=C(NC1CC(Nc2nc(C(F)(F)F)nc3ccccc23)C1)c1ccccc1. The highest BCUT2D eigenvalue weighted by molar-refractivity contribution is 5.94. The van der Waals surface area contributed by atoms with E-state index in [4.69, 9.17) is 0 Å². The van der Waals surface area contributed by atoms with Gasteiger partial charge in [0, 0.05) is 23.0 Å². The first-order valence-corrected chi connectivity index (χ1v) is 8.86. The van der Waals surface area contributed by atoms with E-state index in [9.17, 15) is 18.0 Å². The minimum Gasteiger partial charge on any atom is -0.367 e. The van der Waals surface area contributed by atoms with Gasteiger partial charge in [-0.3, -0.25) is 4.79 Å². The fourth-order valence-corrected chi connectivity index (χ4v) is 3.22. The van der Waals surface area contributed by atoms with Crippen molar-refractivity contribution in [3.63, 3.8) is 0 Å². The molecule has 4 rings (SSSR count). The smallest absolute Gasteiger partial charge is 0.367 e. The van der Waals surface area contributed by atoms with Crippen molar-refractivity contribution >= 4 is 22.6 Å². The van der Waals surface area contributed by atoms with Crippen LogP contribution in [0.1, 0.15) is 29.0 Å². The summed E-state index contributed by atoms with van der Waals surface area (Å²) in [5, 5.41) is 6.54. The van der Waals surface area contributed by atoms with Crippen LogP contribution < -0.4 is 10.6 Å². The zero-order valence-corrected chi connectivity index (χ0v) is 14.7. The van der Waals surface area contributed by atoms with Crippen LogP contribution in [-0.4, -0.2) is 28.0 Å². The molecule has 1 aromatic heterocycles. The zero-order chi connectivity index (χ0) is 19.7. The standard InChI is InChI=1S/C20H17F3N4O/c21-20(22,23)19-26-16-9-5-4-8-15(16)17(27-19)24-13-10-14(11-13)25-18(28)12-6-2-1-3-7-12/h1-9,13-14H,10-11H2,(H,25,28)(H,24,26,27). The number of para-hydroxylation sites is 1. The van der Waals surface area contributed by atoms with Crippen LogP contribution in [0.25, 0.3) is 10.9 Å². The van der Waals surface area contributed by atoms with Crippen molar-refractivity contribution in [2.24, 2.45) is 0 Å². The van der Waals surface area contributed by atoms with Gasteiger partial charge in [-0.1, -0.05) is 30.3 Å². The van der Waals surface area contributed by atoms with Crippen LogP contribution in [0.2, 0.25) is 0 Å². The van der Waals surface area contributed by atoms with Gasteiger partial charge >= 0.3 is 6.18 Å². The van der Waals surface area contributed by atoms with Crippen molar-refractivity contribution in [1.82, 2.24) is 15.3 Å². The predicted molar refractivity (Wildman–Crippen MR) is 98.9 cm³/mol. The van der Waals surface area contributed by atoms with Gasteiger partial charge in [-0.05, 0) is 37.1 Å². The molecule has 0 radical (unpaired) electrons. The molecule has 0 saturated heterocycles. The Bertz CT molecular complexity index is 1000. The van der Waals surface area contributed by atoms with Crippen LogP contribution in [0.3, 0.4) is 0 Å². The van der Waals surface area contributed by atoms with Crippen LogP contribution in [0.5, 0.6) is 0 Å². The van der Waals surface area contributed by atoms with Gasteiger partial charge in [-0.2, -0.15) is 13.2 Å². The molecular formula is C20H17F3N4O. The highest BCUT2D eigenvalue weighted by Crippen LogP contribution is 2.32. The first-order valence-electron chi connectivity index (χ1n) is 8.86. The molecule has 2 aromatic carbocycles. The number of hydrogen-bond donors (Lipinski definition) is 2. The normalized spacial score (nSPS) is 19.1. The predicted octanol–water partition coefficient (Wildman–Crippen LogP) is 4.02. The van der Waals surface area contributed by atoms with Gasteiger partial charge in [-0.15, -0.1) is 0 Å². The van der Waals surface area contributed by atoms with Gasteiger partial charge in [0.1, 0.15) is 5.82 Å². The molecule has 1 saturated carbocycles. The molecule has 0 bridgehead atoms. The molecule has 0 spiro atoms. The molecule has 144 valence electrons. The molecule has 5 nitrogen and oxygen atoms in total. The fourth-order valence-electron chi connectivity index (χ4n) is 3.22. The third-order valence-corrected chi connectivity index (χ3v) is 4.71. The summed E-state index contributed by atoms with van der Waals surface area (Å²) in [6.07, 6.45) is -3.40. The van der Waals surface area contributed by atoms with Crippen molar-refractivity contribution in [2.45, 2.75) is 31.1 Å². The van der Waals surface area contributed by atoms with Gasteiger partial charge in [0.25, 0.3) is 5.91 Å². The number of benzene rings is 2. The maximum absolute atomic E-state index is 13.1. The van der Waals surface area contributed by atoms with Crippen LogP contribution in [0.4, 0.5) is 19.0 Å². The first-order chi connectivity index (χ1) is 13.4. The van der Waals surface area contributed by atoms with Crippen molar-refractivity contribution in [3.05, 3.63) is 66.0 Å². The molecule has 1 heterocycles. The summed E-state index contributed by atoms with van der Waals surface area (Å²) < 4.78 is 39.3.